The zero-order valence-electron chi connectivity index (χ0n) is 11.4. The fourth-order valence-corrected chi connectivity index (χ4v) is 2.33. The highest BCUT2D eigenvalue weighted by atomic mass is 14.4. The van der Waals surface area contributed by atoms with Gasteiger partial charge in [-0.15, -0.1) is 0 Å². The molecule has 0 N–H and O–H groups in total. The van der Waals surface area contributed by atoms with Crippen LogP contribution in [-0.2, 0) is 0 Å². The van der Waals surface area contributed by atoms with Crippen LogP contribution in [0.3, 0.4) is 0 Å². The van der Waals surface area contributed by atoms with E-state index in [4.69, 9.17) is 0 Å². The van der Waals surface area contributed by atoms with Crippen molar-refractivity contribution in [3.63, 3.8) is 0 Å². The normalized spacial score (nSPS) is 33.2. The van der Waals surface area contributed by atoms with Gasteiger partial charge in [-0.2, -0.15) is 0 Å². The quantitative estimate of drug-likeness (QED) is 0.506. The topological polar surface area (TPSA) is 0 Å². The lowest BCUT2D eigenvalue weighted by molar-refractivity contribution is 0.114. The lowest BCUT2D eigenvalue weighted by Gasteiger charge is -2.39. The molecule has 0 aromatic rings. The van der Waals surface area contributed by atoms with Gasteiger partial charge in [0, 0.05) is 0 Å². The number of rotatable bonds is 0. The Labute approximate surface area is 91.5 Å². The zero-order chi connectivity index (χ0) is 11.4. The zero-order valence-corrected chi connectivity index (χ0v) is 11.4. The second kappa shape index (κ2) is 5.78. The van der Waals surface area contributed by atoms with Gasteiger partial charge in [0.15, 0.2) is 0 Å². The Bertz CT molecular complexity index is 141. The van der Waals surface area contributed by atoms with Crippen LogP contribution in [0.4, 0.5) is 0 Å². The van der Waals surface area contributed by atoms with Crippen molar-refractivity contribution in [2.75, 3.05) is 0 Å². The molecule has 0 bridgehead atoms. The van der Waals surface area contributed by atoms with E-state index in [-0.39, 0.29) is 0 Å². The highest BCUT2D eigenvalue weighted by molar-refractivity contribution is 4.82. The Morgan fingerprint density at radius 3 is 1.71 bits per heavy atom. The van der Waals surface area contributed by atoms with Crippen LogP contribution in [-0.4, -0.2) is 0 Å². The van der Waals surface area contributed by atoms with Gasteiger partial charge in [0.25, 0.3) is 0 Å². The van der Waals surface area contributed by atoms with E-state index in [0.717, 1.165) is 17.8 Å². The third kappa shape index (κ3) is 4.02. The van der Waals surface area contributed by atoms with Crippen LogP contribution in [0, 0.1) is 23.2 Å². The minimum atomic E-state index is 0.536. The molecule has 0 aromatic carbocycles. The van der Waals surface area contributed by atoms with Crippen LogP contribution in [0.2, 0.25) is 0 Å². The van der Waals surface area contributed by atoms with Crippen LogP contribution < -0.4 is 0 Å². The average Bonchev–Trinajstić information content (AvgIpc) is 2.11. The van der Waals surface area contributed by atoms with Crippen molar-refractivity contribution in [2.45, 2.75) is 67.7 Å². The van der Waals surface area contributed by atoms with E-state index in [2.05, 4.69) is 34.6 Å². The van der Waals surface area contributed by atoms with Crippen molar-refractivity contribution in [3.8, 4) is 0 Å². The Balaban J connectivity index is 0.000000791. The van der Waals surface area contributed by atoms with Gasteiger partial charge in [-0.25, -0.2) is 0 Å². The van der Waals surface area contributed by atoms with Crippen molar-refractivity contribution in [1.82, 2.24) is 0 Å². The maximum atomic E-state index is 2.42. The summed E-state index contributed by atoms with van der Waals surface area (Å²) in [6, 6.07) is 0. The molecule has 0 radical (unpaired) electrons. The Kier molecular flexibility index (Phi) is 5.78. The molecule has 0 heteroatoms. The third-order valence-electron chi connectivity index (χ3n) is 3.82. The highest BCUT2D eigenvalue weighted by Gasteiger charge is 2.31. The molecule has 1 rings (SSSR count). The SMILES string of the molecule is CC.CC1CCC(C(C)(C)C)CC1C. The summed E-state index contributed by atoms with van der Waals surface area (Å²) in [4.78, 5) is 0. The van der Waals surface area contributed by atoms with Gasteiger partial charge in [0.2, 0.25) is 0 Å². The molecule has 1 aliphatic rings. The van der Waals surface area contributed by atoms with E-state index in [1.165, 1.54) is 19.3 Å². The first-order valence-corrected chi connectivity index (χ1v) is 6.41. The Morgan fingerprint density at radius 2 is 1.36 bits per heavy atom. The summed E-state index contributed by atoms with van der Waals surface area (Å²) in [5.41, 5.74) is 0.536. The van der Waals surface area contributed by atoms with Crippen molar-refractivity contribution in [2.24, 2.45) is 23.2 Å². The lowest BCUT2D eigenvalue weighted by Crippen LogP contribution is -2.29. The molecule has 3 unspecified atom stereocenters. The molecular weight excluding hydrogens is 168 g/mol. The summed E-state index contributed by atoms with van der Waals surface area (Å²) in [7, 11) is 0. The van der Waals surface area contributed by atoms with Gasteiger partial charge in [-0.05, 0) is 36.0 Å². The molecular formula is C14H30. The minimum Gasteiger partial charge on any atom is -0.0683 e. The monoisotopic (exact) mass is 198 g/mol. The van der Waals surface area contributed by atoms with E-state index in [0.29, 0.717) is 5.41 Å². The van der Waals surface area contributed by atoms with Crippen molar-refractivity contribution < 1.29 is 0 Å². The van der Waals surface area contributed by atoms with E-state index < -0.39 is 0 Å². The molecule has 0 nitrogen and oxygen atoms in total. The largest absolute Gasteiger partial charge is 0.0683 e. The number of hydrogen-bond acceptors (Lipinski definition) is 0. The van der Waals surface area contributed by atoms with Crippen LogP contribution >= 0.6 is 0 Å². The van der Waals surface area contributed by atoms with Gasteiger partial charge >= 0.3 is 0 Å². The molecule has 1 saturated carbocycles. The summed E-state index contributed by atoms with van der Waals surface area (Å²) in [5, 5.41) is 0. The Hall–Kier alpha value is 0. The second-order valence-corrected chi connectivity index (χ2v) is 5.83. The molecule has 3 atom stereocenters. The summed E-state index contributed by atoms with van der Waals surface area (Å²) < 4.78 is 0. The minimum absolute atomic E-state index is 0.536. The van der Waals surface area contributed by atoms with Gasteiger partial charge in [0.1, 0.15) is 0 Å². The summed E-state index contributed by atoms with van der Waals surface area (Å²) in [6.07, 6.45) is 4.35. The standard InChI is InChI=1S/C12H24.C2H6/c1-9-6-7-11(8-10(9)2)12(3,4)5;1-2/h9-11H,6-8H2,1-5H3;1-2H3. The molecule has 0 amide bonds. The summed E-state index contributed by atoms with van der Waals surface area (Å²) in [5.74, 6) is 2.87. The van der Waals surface area contributed by atoms with Crippen LogP contribution in [0.5, 0.6) is 0 Å². The lowest BCUT2D eigenvalue weighted by atomic mass is 9.66. The van der Waals surface area contributed by atoms with Crippen LogP contribution in [0.1, 0.15) is 67.7 Å². The smallest absolute Gasteiger partial charge is 0.0354 e. The molecule has 0 heterocycles. The highest BCUT2D eigenvalue weighted by Crippen LogP contribution is 2.42. The van der Waals surface area contributed by atoms with Crippen molar-refractivity contribution >= 4 is 0 Å². The average molecular weight is 198 g/mol. The van der Waals surface area contributed by atoms with Crippen molar-refractivity contribution in [3.05, 3.63) is 0 Å². The van der Waals surface area contributed by atoms with Gasteiger partial charge in [-0.1, -0.05) is 54.9 Å². The second-order valence-electron chi connectivity index (χ2n) is 5.83. The maximum absolute atomic E-state index is 2.42. The van der Waals surface area contributed by atoms with E-state index in [1.54, 1.807) is 0 Å². The predicted molar refractivity (Wildman–Crippen MR) is 66.5 cm³/mol. The molecule has 0 saturated heterocycles. The number of hydrogen-bond donors (Lipinski definition) is 0. The van der Waals surface area contributed by atoms with Gasteiger partial charge in [0.05, 0.1) is 0 Å². The van der Waals surface area contributed by atoms with E-state index in [1.807, 2.05) is 13.8 Å². The van der Waals surface area contributed by atoms with Gasteiger partial charge < -0.3 is 0 Å². The van der Waals surface area contributed by atoms with Crippen molar-refractivity contribution in [1.29, 1.82) is 0 Å². The summed E-state index contributed by atoms with van der Waals surface area (Å²) >= 11 is 0. The first-order chi connectivity index (χ1) is 6.41. The molecule has 0 spiro atoms. The van der Waals surface area contributed by atoms with E-state index >= 15 is 0 Å². The maximum Gasteiger partial charge on any atom is -0.0354 e. The molecule has 0 aliphatic heterocycles. The fraction of sp³-hybridized carbons (Fsp3) is 1.00. The Morgan fingerprint density at radius 1 is 0.857 bits per heavy atom. The molecule has 1 fully saturated rings. The molecule has 86 valence electrons. The van der Waals surface area contributed by atoms with Gasteiger partial charge in [-0.3, -0.25) is 0 Å². The molecule has 14 heavy (non-hydrogen) atoms. The first-order valence-electron chi connectivity index (χ1n) is 6.41. The third-order valence-corrected chi connectivity index (χ3v) is 3.82. The fourth-order valence-electron chi connectivity index (χ4n) is 2.33. The molecule has 0 aromatic heterocycles. The molecule has 1 aliphatic carbocycles. The first kappa shape index (κ1) is 14.0. The van der Waals surface area contributed by atoms with Crippen LogP contribution in [0.25, 0.3) is 0 Å². The summed E-state index contributed by atoms with van der Waals surface area (Å²) in [6.45, 7) is 16.0. The van der Waals surface area contributed by atoms with Crippen LogP contribution in [0.15, 0.2) is 0 Å². The predicted octanol–water partition coefficient (Wildman–Crippen LogP) is 5.13. The van der Waals surface area contributed by atoms with E-state index in [9.17, 15) is 0 Å².